The van der Waals surface area contributed by atoms with Crippen LogP contribution in [0.2, 0.25) is 0 Å². The Morgan fingerprint density at radius 2 is 2.12 bits per heavy atom. The van der Waals surface area contributed by atoms with Crippen molar-refractivity contribution in [1.82, 2.24) is 10.3 Å². The van der Waals surface area contributed by atoms with Gasteiger partial charge in [-0.05, 0) is 24.1 Å². The van der Waals surface area contributed by atoms with E-state index >= 15 is 0 Å². The molecule has 1 atom stereocenters. The third kappa shape index (κ3) is 1.72. The number of pyridine rings is 1. The third-order valence-electron chi connectivity index (χ3n) is 3.03. The van der Waals surface area contributed by atoms with Gasteiger partial charge in [0.05, 0.1) is 5.52 Å². The van der Waals surface area contributed by atoms with E-state index in [4.69, 9.17) is 0 Å². The second kappa shape index (κ2) is 4.06. The number of hydrogen-bond donors (Lipinski definition) is 1. The van der Waals surface area contributed by atoms with Crippen LogP contribution >= 0.6 is 0 Å². The summed E-state index contributed by atoms with van der Waals surface area (Å²) in [4.78, 5) is 4.49. The molecule has 1 N–H and O–H groups in total. The molecule has 0 aliphatic carbocycles. The first-order chi connectivity index (χ1) is 7.93. The molecule has 0 radical (unpaired) electrons. The molecule has 0 saturated heterocycles. The van der Waals surface area contributed by atoms with Gasteiger partial charge in [-0.1, -0.05) is 30.4 Å². The summed E-state index contributed by atoms with van der Waals surface area (Å²) in [5.74, 6) is 0. The Labute approximate surface area is 95.0 Å². The summed E-state index contributed by atoms with van der Waals surface area (Å²) in [6.45, 7) is 0.956. The normalized spacial score (nSPS) is 20.1. The van der Waals surface area contributed by atoms with Gasteiger partial charge in [0.15, 0.2) is 0 Å². The highest BCUT2D eigenvalue weighted by Crippen LogP contribution is 2.22. The van der Waals surface area contributed by atoms with Crippen molar-refractivity contribution in [2.24, 2.45) is 0 Å². The lowest BCUT2D eigenvalue weighted by Crippen LogP contribution is -2.23. The fourth-order valence-electron chi connectivity index (χ4n) is 2.14. The van der Waals surface area contributed by atoms with E-state index in [9.17, 15) is 0 Å². The predicted molar refractivity (Wildman–Crippen MR) is 66.2 cm³/mol. The molecule has 2 heterocycles. The average molecular weight is 210 g/mol. The van der Waals surface area contributed by atoms with Crippen LogP contribution in [0.3, 0.4) is 0 Å². The summed E-state index contributed by atoms with van der Waals surface area (Å²) in [7, 11) is 0. The molecule has 1 aromatic heterocycles. The van der Waals surface area contributed by atoms with Gasteiger partial charge in [0.1, 0.15) is 0 Å². The smallest absolute Gasteiger partial charge is 0.0702 e. The van der Waals surface area contributed by atoms with E-state index < -0.39 is 0 Å². The van der Waals surface area contributed by atoms with Gasteiger partial charge >= 0.3 is 0 Å². The van der Waals surface area contributed by atoms with Crippen LogP contribution < -0.4 is 5.32 Å². The molecule has 2 aromatic rings. The average Bonchev–Trinajstić information content (AvgIpc) is 2.39. The van der Waals surface area contributed by atoms with Crippen LogP contribution in [0.25, 0.3) is 10.9 Å². The summed E-state index contributed by atoms with van der Waals surface area (Å²) < 4.78 is 0. The van der Waals surface area contributed by atoms with E-state index in [1.165, 1.54) is 10.9 Å². The van der Waals surface area contributed by atoms with E-state index in [1.54, 1.807) is 0 Å². The number of aromatic nitrogens is 1. The molecule has 2 heteroatoms. The zero-order valence-electron chi connectivity index (χ0n) is 9.06. The number of hydrogen-bond acceptors (Lipinski definition) is 2. The van der Waals surface area contributed by atoms with Crippen LogP contribution in [0, 0.1) is 0 Å². The minimum Gasteiger partial charge on any atom is -0.306 e. The van der Waals surface area contributed by atoms with Crippen molar-refractivity contribution >= 4 is 10.9 Å². The molecule has 3 rings (SSSR count). The maximum Gasteiger partial charge on any atom is 0.0702 e. The van der Waals surface area contributed by atoms with Crippen LogP contribution in [0.15, 0.2) is 48.7 Å². The van der Waals surface area contributed by atoms with Crippen molar-refractivity contribution < 1.29 is 0 Å². The lowest BCUT2D eigenvalue weighted by molar-refractivity contribution is 0.554. The van der Waals surface area contributed by atoms with Crippen molar-refractivity contribution in [2.45, 2.75) is 12.5 Å². The number of para-hydroxylation sites is 1. The highest BCUT2D eigenvalue weighted by atomic mass is 14.9. The van der Waals surface area contributed by atoms with Crippen LogP contribution in [0.5, 0.6) is 0 Å². The van der Waals surface area contributed by atoms with Gasteiger partial charge in [-0.2, -0.15) is 0 Å². The summed E-state index contributed by atoms with van der Waals surface area (Å²) in [5, 5.41) is 4.69. The lowest BCUT2D eigenvalue weighted by Gasteiger charge is -2.19. The summed E-state index contributed by atoms with van der Waals surface area (Å²) in [5.41, 5.74) is 2.35. The zero-order chi connectivity index (χ0) is 10.8. The fourth-order valence-corrected chi connectivity index (χ4v) is 2.14. The van der Waals surface area contributed by atoms with Gasteiger partial charge in [-0.3, -0.25) is 4.98 Å². The molecular formula is C14H14N2. The number of rotatable bonds is 1. The van der Waals surface area contributed by atoms with Gasteiger partial charge in [0.2, 0.25) is 0 Å². The first-order valence-corrected chi connectivity index (χ1v) is 5.66. The first kappa shape index (κ1) is 9.55. The van der Waals surface area contributed by atoms with Crippen LogP contribution in [-0.2, 0) is 0 Å². The summed E-state index contributed by atoms with van der Waals surface area (Å²) >= 11 is 0. The summed E-state index contributed by atoms with van der Waals surface area (Å²) in [6, 6.07) is 10.9. The molecule has 0 fully saturated rings. The van der Waals surface area contributed by atoms with E-state index in [0.717, 1.165) is 18.5 Å². The minimum atomic E-state index is 0.419. The van der Waals surface area contributed by atoms with E-state index in [2.05, 4.69) is 40.7 Å². The first-order valence-electron chi connectivity index (χ1n) is 5.66. The van der Waals surface area contributed by atoms with E-state index in [1.807, 2.05) is 18.3 Å². The maximum absolute atomic E-state index is 4.49. The zero-order valence-corrected chi connectivity index (χ0v) is 9.06. The molecule has 1 aliphatic rings. The number of fused-ring (bicyclic) bond motifs is 1. The molecular weight excluding hydrogens is 196 g/mol. The molecule has 2 nitrogen and oxygen atoms in total. The number of benzene rings is 1. The molecule has 0 saturated carbocycles. The van der Waals surface area contributed by atoms with Crippen molar-refractivity contribution in [1.29, 1.82) is 0 Å². The molecule has 80 valence electrons. The van der Waals surface area contributed by atoms with Gasteiger partial charge in [-0.15, -0.1) is 0 Å². The molecule has 0 bridgehead atoms. The van der Waals surface area contributed by atoms with Gasteiger partial charge in [0.25, 0.3) is 0 Å². The van der Waals surface area contributed by atoms with Crippen molar-refractivity contribution in [2.75, 3.05) is 6.54 Å². The Balaban J connectivity index is 2.01. The van der Waals surface area contributed by atoms with E-state index in [0.29, 0.717) is 6.04 Å². The standard InChI is InChI=1S/C14H14N2/c1-2-6-13-11(5-1)9-12(10-16-13)14-7-3-4-8-15-14/h1-6,9-10,14-15H,7-8H2. The van der Waals surface area contributed by atoms with Crippen molar-refractivity contribution in [3.63, 3.8) is 0 Å². The second-order valence-electron chi connectivity index (χ2n) is 4.13. The molecule has 0 spiro atoms. The van der Waals surface area contributed by atoms with Crippen molar-refractivity contribution in [3.8, 4) is 0 Å². The predicted octanol–water partition coefficient (Wildman–Crippen LogP) is 2.83. The molecule has 1 aromatic carbocycles. The van der Waals surface area contributed by atoms with Gasteiger partial charge < -0.3 is 5.32 Å². The Morgan fingerprint density at radius 1 is 1.19 bits per heavy atom. The van der Waals surface area contributed by atoms with Gasteiger partial charge in [0, 0.05) is 24.2 Å². The minimum absolute atomic E-state index is 0.419. The Hall–Kier alpha value is -1.67. The number of nitrogens with one attached hydrogen (secondary N) is 1. The third-order valence-corrected chi connectivity index (χ3v) is 3.03. The largest absolute Gasteiger partial charge is 0.306 e. The molecule has 1 aliphatic heterocycles. The monoisotopic (exact) mass is 210 g/mol. The van der Waals surface area contributed by atoms with E-state index in [-0.39, 0.29) is 0 Å². The Morgan fingerprint density at radius 3 is 3.00 bits per heavy atom. The van der Waals surface area contributed by atoms with Crippen LogP contribution in [-0.4, -0.2) is 11.5 Å². The Bertz CT molecular complexity index is 531. The van der Waals surface area contributed by atoms with Crippen molar-refractivity contribution in [3.05, 3.63) is 54.2 Å². The Kier molecular flexibility index (Phi) is 2.43. The highest BCUT2D eigenvalue weighted by Gasteiger charge is 2.11. The van der Waals surface area contributed by atoms with Gasteiger partial charge in [-0.25, -0.2) is 0 Å². The fraction of sp³-hybridized carbons (Fsp3) is 0.214. The topological polar surface area (TPSA) is 24.9 Å². The maximum atomic E-state index is 4.49. The quantitative estimate of drug-likeness (QED) is 0.732. The second-order valence-corrected chi connectivity index (χ2v) is 4.13. The molecule has 0 amide bonds. The SMILES string of the molecule is C1=CCC(c2cnc3ccccc3c2)NC1. The van der Waals surface area contributed by atoms with Crippen LogP contribution in [0.4, 0.5) is 0 Å². The molecule has 16 heavy (non-hydrogen) atoms. The molecule has 1 unspecified atom stereocenters. The van der Waals surface area contributed by atoms with Crippen LogP contribution in [0.1, 0.15) is 18.0 Å². The number of nitrogens with zero attached hydrogens (tertiary/aromatic N) is 1. The summed E-state index contributed by atoms with van der Waals surface area (Å²) in [6.07, 6.45) is 7.44. The highest BCUT2D eigenvalue weighted by molar-refractivity contribution is 5.78. The lowest BCUT2D eigenvalue weighted by atomic mass is 10.0.